The zero-order valence-corrected chi connectivity index (χ0v) is 20.9. The van der Waals surface area contributed by atoms with Crippen LogP contribution < -0.4 is 4.74 Å². The second kappa shape index (κ2) is 10.2. The number of ketones is 1. The Bertz CT molecular complexity index is 1280. The van der Waals surface area contributed by atoms with E-state index in [0.29, 0.717) is 39.5 Å². The van der Waals surface area contributed by atoms with Gasteiger partial charge < -0.3 is 9.84 Å². The maximum atomic E-state index is 13.6. The molecule has 1 aliphatic carbocycles. The van der Waals surface area contributed by atoms with Crippen molar-refractivity contribution < 1.29 is 18.8 Å². The molecule has 180 valence electrons. The SMILES string of the molecule is COc1ccc([C@@H](O)[C@H]2C(=O)CC[C@@H]2[C@@](C)(C#N)c2ccccc2[S@@](=O)c2ccc(C)cc2)cc1. The lowest BCUT2D eigenvalue weighted by atomic mass is 9.66. The fourth-order valence-corrected chi connectivity index (χ4v) is 6.43. The second-order valence-corrected chi connectivity index (χ2v) is 10.7. The van der Waals surface area contributed by atoms with Gasteiger partial charge in [-0.2, -0.15) is 5.26 Å². The van der Waals surface area contributed by atoms with Gasteiger partial charge in [0.15, 0.2) is 0 Å². The van der Waals surface area contributed by atoms with Gasteiger partial charge in [0.1, 0.15) is 11.5 Å². The molecule has 0 spiro atoms. The lowest BCUT2D eigenvalue weighted by molar-refractivity contribution is -0.125. The summed E-state index contributed by atoms with van der Waals surface area (Å²) in [6, 6.07) is 24.2. The number of aliphatic hydroxyl groups is 1. The summed E-state index contributed by atoms with van der Waals surface area (Å²) in [5.41, 5.74) is 1.18. The van der Waals surface area contributed by atoms with Crippen molar-refractivity contribution in [3.63, 3.8) is 0 Å². The predicted octanol–water partition coefficient (Wildman–Crippen LogP) is 5.28. The van der Waals surface area contributed by atoms with Gasteiger partial charge in [-0.25, -0.2) is 4.21 Å². The van der Waals surface area contributed by atoms with Crippen molar-refractivity contribution in [3.8, 4) is 11.8 Å². The number of nitriles is 1. The lowest BCUT2D eigenvalue weighted by Gasteiger charge is -2.36. The highest BCUT2D eigenvalue weighted by molar-refractivity contribution is 7.85. The Balaban J connectivity index is 1.75. The summed E-state index contributed by atoms with van der Waals surface area (Å²) in [5.74, 6) is -0.580. The van der Waals surface area contributed by atoms with Crippen molar-refractivity contribution in [2.24, 2.45) is 11.8 Å². The Morgan fingerprint density at radius 1 is 1.09 bits per heavy atom. The van der Waals surface area contributed by atoms with Gasteiger partial charge in [0, 0.05) is 16.2 Å². The van der Waals surface area contributed by atoms with Gasteiger partial charge in [-0.15, -0.1) is 0 Å². The molecule has 6 heteroatoms. The molecule has 0 amide bonds. The molecule has 0 saturated heterocycles. The fraction of sp³-hybridized carbons (Fsp3) is 0.310. The van der Waals surface area contributed by atoms with E-state index in [1.54, 1.807) is 44.4 Å². The number of rotatable bonds is 7. The number of aryl methyl sites for hydroxylation is 1. The van der Waals surface area contributed by atoms with Crippen LogP contribution in [0.4, 0.5) is 0 Å². The number of hydrogen-bond donors (Lipinski definition) is 1. The summed E-state index contributed by atoms with van der Waals surface area (Å²) in [5, 5.41) is 21.8. The normalized spacial score (nSPS) is 21.1. The summed E-state index contributed by atoms with van der Waals surface area (Å²) in [6.07, 6.45) is -0.279. The molecular weight excluding hydrogens is 458 g/mol. The third-order valence-corrected chi connectivity index (χ3v) is 8.62. The van der Waals surface area contributed by atoms with E-state index in [0.717, 1.165) is 5.56 Å². The van der Waals surface area contributed by atoms with E-state index in [-0.39, 0.29) is 5.78 Å². The van der Waals surface area contributed by atoms with E-state index in [2.05, 4.69) is 6.07 Å². The van der Waals surface area contributed by atoms with Gasteiger partial charge in [0.25, 0.3) is 0 Å². The minimum absolute atomic E-state index is 0.0584. The topological polar surface area (TPSA) is 87.4 Å². The average Bonchev–Trinajstić information content (AvgIpc) is 3.29. The molecule has 4 rings (SSSR count). The summed E-state index contributed by atoms with van der Waals surface area (Å²) in [7, 11) is 0.0701. The molecule has 1 N–H and O–H groups in total. The molecule has 0 heterocycles. The van der Waals surface area contributed by atoms with Gasteiger partial charge >= 0.3 is 0 Å². The van der Waals surface area contributed by atoms with Crippen LogP contribution in [-0.4, -0.2) is 22.2 Å². The standard InChI is InChI=1S/C29H29NO4S/c1-19-8-14-22(15-9-19)35(33)26-7-5-4-6-23(26)29(2,18-30)24-16-17-25(31)27(24)28(32)20-10-12-21(34-3)13-11-20/h4-15,24,27-28,32H,16-17H2,1-3H3/t24-,27+,28+,29-,35-/m0/s1. The van der Waals surface area contributed by atoms with Crippen molar-refractivity contribution in [1.29, 1.82) is 5.26 Å². The summed E-state index contributed by atoms with van der Waals surface area (Å²) in [4.78, 5) is 14.2. The molecular formula is C29H29NO4S. The van der Waals surface area contributed by atoms with Crippen LogP contribution in [0.2, 0.25) is 0 Å². The average molecular weight is 488 g/mol. The number of Topliss-reactive ketones (excluding diaryl/α,β-unsaturated/α-hetero) is 1. The highest BCUT2D eigenvalue weighted by Gasteiger charge is 2.51. The number of methoxy groups -OCH3 is 1. The maximum Gasteiger partial charge on any atom is 0.139 e. The van der Waals surface area contributed by atoms with E-state index >= 15 is 0 Å². The Labute approximate surface area is 208 Å². The van der Waals surface area contributed by atoms with Crippen molar-refractivity contribution in [3.05, 3.63) is 89.5 Å². The maximum absolute atomic E-state index is 13.6. The van der Waals surface area contributed by atoms with Gasteiger partial charge in [0.2, 0.25) is 0 Å². The van der Waals surface area contributed by atoms with Crippen LogP contribution in [0.1, 0.15) is 42.6 Å². The Kier molecular flexibility index (Phi) is 7.20. The number of aliphatic hydroxyl groups excluding tert-OH is 1. The highest BCUT2D eigenvalue weighted by Crippen LogP contribution is 2.49. The molecule has 35 heavy (non-hydrogen) atoms. The minimum Gasteiger partial charge on any atom is -0.497 e. The van der Waals surface area contributed by atoms with Gasteiger partial charge in [0.05, 0.1) is 41.4 Å². The Morgan fingerprint density at radius 2 is 1.74 bits per heavy atom. The second-order valence-electron chi connectivity index (χ2n) is 9.25. The van der Waals surface area contributed by atoms with Crippen molar-refractivity contribution >= 4 is 16.6 Å². The predicted molar refractivity (Wildman–Crippen MR) is 134 cm³/mol. The number of hydrogen-bond acceptors (Lipinski definition) is 5. The quantitative estimate of drug-likeness (QED) is 0.490. The van der Waals surface area contributed by atoms with E-state index in [9.17, 15) is 19.4 Å². The summed E-state index contributed by atoms with van der Waals surface area (Å²) < 4.78 is 18.8. The largest absolute Gasteiger partial charge is 0.497 e. The number of carbonyl (C=O) groups is 1. The van der Waals surface area contributed by atoms with Crippen LogP contribution in [0, 0.1) is 30.1 Å². The molecule has 3 aromatic carbocycles. The molecule has 0 unspecified atom stereocenters. The van der Waals surface area contributed by atoms with Crippen LogP contribution in [0.25, 0.3) is 0 Å². The summed E-state index contributed by atoms with van der Waals surface area (Å²) in [6.45, 7) is 3.77. The Hall–Kier alpha value is -3.27. The molecule has 1 saturated carbocycles. The molecule has 0 aromatic heterocycles. The monoisotopic (exact) mass is 487 g/mol. The van der Waals surface area contributed by atoms with Crippen LogP contribution in [0.5, 0.6) is 5.75 Å². The van der Waals surface area contributed by atoms with Crippen LogP contribution in [0.15, 0.2) is 82.6 Å². The van der Waals surface area contributed by atoms with E-state index in [1.807, 2.05) is 49.4 Å². The third-order valence-electron chi connectivity index (χ3n) is 7.16. The number of carbonyl (C=O) groups excluding carboxylic acids is 1. The van der Waals surface area contributed by atoms with Gasteiger partial charge in [-0.05, 0) is 67.6 Å². The van der Waals surface area contributed by atoms with E-state index in [1.165, 1.54) is 0 Å². The zero-order chi connectivity index (χ0) is 25.2. The molecule has 5 atom stereocenters. The molecule has 0 aliphatic heterocycles. The van der Waals surface area contributed by atoms with Gasteiger partial charge in [-0.1, -0.05) is 48.0 Å². The first kappa shape index (κ1) is 24.8. The first-order chi connectivity index (χ1) is 16.8. The molecule has 5 nitrogen and oxygen atoms in total. The number of ether oxygens (including phenoxy) is 1. The Morgan fingerprint density at radius 3 is 2.37 bits per heavy atom. The molecule has 0 radical (unpaired) electrons. The van der Waals surface area contributed by atoms with Crippen molar-refractivity contribution in [2.75, 3.05) is 7.11 Å². The number of nitrogens with zero attached hydrogens (tertiary/aromatic N) is 1. The smallest absolute Gasteiger partial charge is 0.139 e. The minimum atomic E-state index is -1.50. The summed E-state index contributed by atoms with van der Waals surface area (Å²) >= 11 is 0. The van der Waals surface area contributed by atoms with E-state index in [4.69, 9.17) is 4.74 Å². The van der Waals surface area contributed by atoms with Crippen LogP contribution >= 0.6 is 0 Å². The third kappa shape index (κ3) is 4.67. The van der Waals surface area contributed by atoms with Crippen LogP contribution in [0.3, 0.4) is 0 Å². The first-order valence-electron chi connectivity index (χ1n) is 11.6. The zero-order valence-electron chi connectivity index (χ0n) is 20.1. The van der Waals surface area contributed by atoms with E-state index < -0.39 is 34.2 Å². The fourth-order valence-electron chi connectivity index (χ4n) is 5.11. The van der Waals surface area contributed by atoms with Gasteiger partial charge in [-0.3, -0.25) is 4.79 Å². The number of benzene rings is 3. The lowest BCUT2D eigenvalue weighted by Crippen LogP contribution is -2.38. The molecule has 0 bridgehead atoms. The molecule has 1 fully saturated rings. The molecule has 1 aliphatic rings. The van der Waals surface area contributed by atoms with Crippen molar-refractivity contribution in [1.82, 2.24) is 0 Å². The first-order valence-corrected chi connectivity index (χ1v) is 12.8. The van der Waals surface area contributed by atoms with Crippen LogP contribution in [-0.2, 0) is 21.0 Å². The van der Waals surface area contributed by atoms with Crippen molar-refractivity contribution in [2.45, 2.75) is 48.0 Å². The molecule has 3 aromatic rings. The highest BCUT2D eigenvalue weighted by atomic mass is 32.2.